The number of halogens is 2. The normalized spacial score (nSPS) is 12.6. The number of nitrogen functional groups attached to an aromatic ring is 1. The second-order valence-electron chi connectivity index (χ2n) is 4.69. The van der Waals surface area contributed by atoms with Gasteiger partial charge >= 0.3 is 5.97 Å². The Hall–Kier alpha value is -2.18. The highest BCUT2D eigenvalue weighted by molar-refractivity contribution is 5.83. The van der Waals surface area contributed by atoms with Crippen molar-refractivity contribution >= 4 is 23.0 Å². The average molecular weight is 297 g/mol. The van der Waals surface area contributed by atoms with Crippen LogP contribution in [0.3, 0.4) is 0 Å². The van der Waals surface area contributed by atoms with E-state index in [1.807, 2.05) is 6.92 Å². The first-order valence-electron chi connectivity index (χ1n) is 6.78. The van der Waals surface area contributed by atoms with E-state index in [2.05, 4.69) is 4.98 Å². The van der Waals surface area contributed by atoms with Crippen LogP contribution < -0.4 is 5.73 Å². The number of hydrogen-bond donors (Lipinski definition) is 1. The van der Waals surface area contributed by atoms with Crippen molar-refractivity contribution < 1.29 is 18.3 Å². The molecule has 2 rings (SSSR count). The number of imidazole rings is 1. The lowest BCUT2D eigenvalue weighted by Gasteiger charge is -2.17. The quantitative estimate of drug-likeness (QED) is 0.861. The van der Waals surface area contributed by atoms with E-state index in [4.69, 9.17) is 10.5 Å². The molecule has 0 aliphatic heterocycles. The second-order valence-corrected chi connectivity index (χ2v) is 4.69. The minimum Gasteiger partial charge on any atom is -0.464 e. The molecule has 1 unspecified atom stereocenters. The summed E-state index contributed by atoms with van der Waals surface area (Å²) in [6.07, 6.45) is 1.10. The lowest BCUT2D eigenvalue weighted by Crippen LogP contribution is -2.23. The van der Waals surface area contributed by atoms with E-state index >= 15 is 0 Å². The Kier molecular flexibility index (Phi) is 4.40. The van der Waals surface area contributed by atoms with Crippen LogP contribution in [0.4, 0.5) is 14.7 Å². The number of aromatic nitrogens is 2. The number of rotatable bonds is 5. The van der Waals surface area contributed by atoms with E-state index in [0.29, 0.717) is 19.4 Å². The summed E-state index contributed by atoms with van der Waals surface area (Å²) in [6.45, 7) is 3.96. The molecule has 0 bridgehead atoms. The molecule has 0 spiro atoms. The Labute approximate surface area is 120 Å². The van der Waals surface area contributed by atoms with Gasteiger partial charge in [0.2, 0.25) is 5.95 Å². The first kappa shape index (κ1) is 15.2. The lowest BCUT2D eigenvalue weighted by molar-refractivity contribution is -0.147. The van der Waals surface area contributed by atoms with Gasteiger partial charge in [-0.2, -0.15) is 0 Å². The highest BCUT2D eigenvalue weighted by atomic mass is 19.2. The summed E-state index contributed by atoms with van der Waals surface area (Å²) < 4.78 is 33.2. The smallest absolute Gasteiger partial charge is 0.329 e. The number of benzene rings is 1. The summed E-state index contributed by atoms with van der Waals surface area (Å²) in [6, 6.07) is 1.23. The standard InChI is InChI=1S/C14H17F2N3O2/c1-3-5-21-13(20)11(4-2)19-12-7-9(16)8(15)6-10(12)18-14(19)17/h6-7,11H,3-5H2,1-2H3,(H2,17,18). The number of fused-ring (bicyclic) bond motifs is 1. The van der Waals surface area contributed by atoms with Gasteiger partial charge in [-0.05, 0) is 12.8 Å². The number of nitrogens with two attached hydrogens (primary N) is 1. The van der Waals surface area contributed by atoms with Gasteiger partial charge in [0, 0.05) is 12.1 Å². The van der Waals surface area contributed by atoms with Crippen molar-refractivity contribution in [1.29, 1.82) is 0 Å². The number of hydrogen-bond acceptors (Lipinski definition) is 4. The van der Waals surface area contributed by atoms with Gasteiger partial charge in [-0.3, -0.25) is 4.57 Å². The second kappa shape index (κ2) is 6.07. The van der Waals surface area contributed by atoms with Crippen LogP contribution >= 0.6 is 0 Å². The van der Waals surface area contributed by atoms with E-state index in [9.17, 15) is 13.6 Å². The monoisotopic (exact) mass is 297 g/mol. The molecule has 2 aromatic rings. The van der Waals surface area contributed by atoms with Crippen LogP contribution in [0.25, 0.3) is 11.0 Å². The number of anilines is 1. The van der Waals surface area contributed by atoms with E-state index in [1.165, 1.54) is 4.57 Å². The first-order chi connectivity index (χ1) is 9.99. The molecular formula is C14H17F2N3O2. The molecule has 1 aromatic carbocycles. The molecule has 21 heavy (non-hydrogen) atoms. The van der Waals surface area contributed by atoms with Gasteiger partial charge in [0.1, 0.15) is 6.04 Å². The topological polar surface area (TPSA) is 70.1 Å². The Bertz CT molecular complexity index is 670. The lowest BCUT2D eigenvalue weighted by atomic mass is 10.2. The molecule has 1 aromatic heterocycles. The predicted octanol–water partition coefficient (Wildman–Crippen LogP) is 2.80. The van der Waals surface area contributed by atoms with Crippen LogP contribution in [0, 0.1) is 11.6 Å². The van der Waals surface area contributed by atoms with Crippen molar-refractivity contribution in [3.05, 3.63) is 23.8 Å². The Balaban J connectivity index is 2.50. The van der Waals surface area contributed by atoms with Crippen molar-refractivity contribution in [1.82, 2.24) is 9.55 Å². The molecule has 0 aliphatic rings. The van der Waals surface area contributed by atoms with Crippen LogP contribution in [0.2, 0.25) is 0 Å². The molecule has 2 N–H and O–H groups in total. The van der Waals surface area contributed by atoms with Crippen molar-refractivity contribution in [3.8, 4) is 0 Å². The number of carbonyl (C=O) groups is 1. The maximum Gasteiger partial charge on any atom is 0.329 e. The highest BCUT2D eigenvalue weighted by Gasteiger charge is 2.25. The predicted molar refractivity (Wildman–Crippen MR) is 74.6 cm³/mol. The van der Waals surface area contributed by atoms with Gasteiger partial charge in [0.05, 0.1) is 17.6 Å². The third-order valence-electron chi connectivity index (χ3n) is 3.18. The Morgan fingerprint density at radius 3 is 2.67 bits per heavy atom. The van der Waals surface area contributed by atoms with Gasteiger partial charge in [-0.25, -0.2) is 18.6 Å². The summed E-state index contributed by atoms with van der Waals surface area (Å²) in [5.41, 5.74) is 6.27. The van der Waals surface area contributed by atoms with E-state index in [0.717, 1.165) is 12.1 Å². The van der Waals surface area contributed by atoms with Crippen LogP contribution in [0.15, 0.2) is 12.1 Å². The van der Waals surface area contributed by atoms with Crippen molar-refractivity contribution in [2.45, 2.75) is 32.7 Å². The minimum atomic E-state index is -1.01. The molecule has 5 nitrogen and oxygen atoms in total. The molecule has 1 heterocycles. The fourth-order valence-corrected chi connectivity index (χ4v) is 2.19. The summed E-state index contributed by atoms with van der Waals surface area (Å²) in [5, 5.41) is 0. The SMILES string of the molecule is CCCOC(=O)C(CC)n1c(N)nc2cc(F)c(F)cc21. The van der Waals surface area contributed by atoms with Gasteiger partial charge in [0.15, 0.2) is 11.6 Å². The number of nitrogens with zero attached hydrogens (tertiary/aromatic N) is 2. The largest absolute Gasteiger partial charge is 0.464 e. The summed E-state index contributed by atoms with van der Waals surface area (Å²) in [5.74, 6) is -2.46. The van der Waals surface area contributed by atoms with E-state index < -0.39 is 23.6 Å². The molecule has 7 heteroatoms. The highest BCUT2D eigenvalue weighted by Crippen LogP contribution is 2.27. The van der Waals surface area contributed by atoms with Crippen LogP contribution in [0.5, 0.6) is 0 Å². The molecule has 0 saturated carbocycles. The molecule has 0 aliphatic carbocycles. The van der Waals surface area contributed by atoms with E-state index in [-0.39, 0.29) is 17.0 Å². The van der Waals surface area contributed by atoms with Crippen molar-refractivity contribution in [2.24, 2.45) is 0 Å². The van der Waals surface area contributed by atoms with Gasteiger partial charge in [-0.15, -0.1) is 0 Å². The molecule has 0 saturated heterocycles. The van der Waals surface area contributed by atoms with Crippen molar-refractivity contribution in [3.63, 3.8) is 0 Å². The van der Waals surface area contributed by atoms with Gasteiger partial charge in [0.25, 0.3) is 0 Å². The maximum absolute atomic E-state index is 13.4. The van der Waals surface area contributed by atoms with Gasteiger partial charge in [-0.1, -0.05) is 13.8 Å². The summed E-state index contributed by atoms with van der Waals surface area (Å²) >= 11 is 0. The number of esters is 1. The Morgan fingerprint density at radius 2 is 2.05 bits per heavy atom. The van der Waals surface area contributed by atoms with Gasteiger partial charge < -0.3 is 10.5 Å². The first-order valence-corrected chi connectivity index (χ1v) is 6.78. The third kappa shape index (κ3) is 2.81. The zero-order valence-electron chi connectivity index (χ0n) is 11.9. The molecular weight excluding hydrogens is 280 g/mol. The summed E-state index contributed by atoms with van der Waals surface area (Å²) in [7, 11) is 0. The van der Waals surface area contributed by atoms with Crippen LogP contribution in [-0.4, -0.2) is 22.1 Å². The summed E-state index contributed by atoms with van der Waals surface area (Å²) in [4.78, 5) is 16.1. The average Bonchev–Trinajstić information content (AvgIpc) is 2.74. The van der Waals surface area contributed by atoms with Crippen molar-refractivity contribution in [2.75, 3.05) is 12.3 Å². The fourth-order valence-electron chi connectivity index (χ4n) is 2.19. The van der Waals surface area contributed by atoms with E-state index in [1.54, 1.807) is 6.92 Å². The fraction of sp³-hybridized carbons (Fsp3) is 0.429. The van der Waals surface area contributed by atoms with Crippen LogP contribution in [0.1, 0.15) is 32.7 Å². The van der Waals surface area contributed by atoms with Crippen LogP contribution in [-0.2, 0) is 9.53 Å². The molecule has 1 atom stereocenters. The zero-order chi connectivity index (χ0) is 15.6. The molecule has 0 fully saturated rings. The Morgan fingerprint density at radius 1 is 1.38 bits per heavy atom. The molecule has 114 valence electrons. The molecule has 0 radical (unpaired) electrons. The molecule has 0 amide bonds. The minimum absolute atomic E-state index is 0.0234. The zero-order valence-corrected chi connectivity index (χ0v) is 11.9. The maximum atomic E-state index is 13.4. The number of ether oxygens (including phenoxy) is 1. The number of carbonyl (C=O) groups excluding carboxylic acids is 1. The third-order valence-corrected chi connectivity index (χ3v) is 3.18.